The van der Waals surface area contributed by atoms with E-state index in [9.17, 15) is 14.4 Å². The molecule has 8 nitrogen and oxygen atoms in total. The summed E-state index contributed by atoms with van der Waals surface area (Å²) in [6, 6.07) is 18.2. The van der Waals surface area contributed by atoms with E-state index in [4.69, 9.17) is 14.5 Å². The number of hydrogen-bond donors (Lipinski definition) is 1. The first-order chi connectivity index (χ1) is 18.3. The summed E-state index contributed by atoms with van der Waals surface area (Å²) >= 11 is 1.29. The smallest absolute Gasteiger partial charge is 0.242 e. The Morgan fingerprint density at radius 1 is 1.03 bits per heavy atom. The molecule has 0 aliphatic carbocycles. The van der Waals surface area contributed by atoms with E-state index in [0.717, 1.165) is 22.4 Å². The van der Waals surface area contributed by atoms with Crippen LogP contribution >= 0.6 is 11.8 Å². The molecular formula is C29H27N3O5S. The molecule has 3 aromatic carbocycles. The van der Waals surface area contributed by atoms with Crippen LogP contribution in [0.1, 0.15) is 40.4 Å². The number of nitrogens with zero attached hydrogens (tertiary/aromatic N) is 2. The summed E-state index contributed by atoms with van der Waals surface area (Å²) < 4.78 is 10.9. The number of thioether (sulfide) groups is 1. The van der Waals surface area contributed by atoms with Crippen LogP contribution in [0.4, 0.5) is 11.4 Å². The molecule has 0 spiro atoms. The number of carbonyl (C=O) groups is 3. The summed E-state index contributed by atoms with van der Waals surface area (Å²) in [5, 5.41) is 2.75. The number of anilines is 1. The fourth-order valence-corrected chi connectivity index (χ4v) is 5.45. The van der Waals surface area contributed by atoms with Crippen LogP contribution in [0.5, 0.6) is 11.5 Å². The average Bonchev–Trinajstić information content (AvgIpc) is 3.46. The highest BCUT2D eigenvalue weighted by Gasteiger charge is 2.39. The van der Waals surface area contributed by atoms with E-state index in [1.165, 1.54) is 18.7 Å². The zero-order valence-electron chi connectivity index (χ0n) is 21.3. The minimum atomic E-state index is -0.620. The van der Waals surface area contributed by atoms with E-state index in [-0.39, 0.29) is 37.4 Å². The SMILES string of the molecule is CC(=O)c1ccc(NC(=O)CC2SC(=Nc3ccc(C)cc3C)N(Cc3ccc4c(c3)OCO4)C2=O)cc1. The third-order valence-corrected chi connectivity index (χ3v) is 7.49. The van der Waals surface area contributed by atoms with Crippen LogP contribution in [-0.4, -0.2) is 39.7 Å². The molecule has 38 heavy (non-hydrogen) atoms. The molecule has 0 radical (unpaired) electrons. The van der Waals surface area contributed by atoms with E-state index >= 15 is 0 Å². The lowest BCUT2D eigenvalue weighted by atomic mass is 10.1. The average molecular weight is 530 g/mol. The van der Waals surface area contributed by atoms with Gasteiger partial charge in [0.2, 0.25) is 18.6 Å². The van der Waals surface area contributed by atoms with Crippen molar-refractivity contribution in [1.29, 1.82) is 0 Å². The standard InChI is InChI=1S/C29H27N3O5S/c1-17-4-10-23(18(2)12-17)31-29-32(15-20-5-11-24-25(13-20)37-16-36-24)28(35)26(38-29)14-27(34)30-22-8-6-21(7-9-22)19(3)33/h4-13,26H,14-16H2,1-3H3,(H,30,34). The van der Waals surface area contributed by atoms with Crippen molar-refractivity contribution in [2.45, 2.75) is 39.0 Å². The normalized spacial score (nSPS) is 17.2. The third-order valence-electron chi connectivity index (χ3n) is 6.31. The summed E-state index contributed by atoms with van der Waals surface area (Å²) in [6.07, 6.45) is -0.0124. The first-order valence-corrected chi connectivity index (χ1v) is 13.1. The topological polar surface area (TPSA) is 97.3 Å². The lowest BCUT2D eigenvalue weighted by Gasteiger charge is -2.17. The van der Waals surface area contributed by atoms with Gasteiger partial charge in [0.1, 0.15) is 5.25 Å². The molecule has 2 amide bonds. The van der Waals surface area contributed by atoms with Crippen molar-refractivity contribution < 1.29 is 23.9 Å². The molecule has 3 aromatic rings. The number of hydrogen-bond acceptors (Lipinski definition) is 7. The predicted molar refractivity (Wildman–Crippen MR) is 147 cm³/mol. The Morgan fingerprint density at radius 2 is 1.79 bits per heavy atom. The maximum Gasteiger partial charge on any atom is 0.242 e. The lowest BCUT2D eigenvalue weighted by molar-refractivity contribution is -0.128. The Kier molecular flexibility index (Phi) is 7.20. The summed E-state index contributed by atoms with van der Waals surface area (Å²) in [7, 11) is 0. The third kappa shape index (κ3) is 5.57. The monoisotopic (exact) mass is 529 g/mol. The number of Topliss-reactive ketones (excluding diaryl/α,β-unsaturated/α-hetero) is 1. The molecule has 194 valence electrons. The Labute approximate surface area is 225 Å². The maximum absolute atomic E-state index is 13.5. The number of amides is 2. The van der Waals surface area contributed by atoms with Crippen LogP contribution < -0.4 is 14.8 Å². The Morgan fingerprint density at radius 3 is 2.53 bits per heavy atom. The molecule has 1 fully saturated rings. The van der Waals surface area contributed by atoms with E-state index in [1.807, 2.05) is 50.2 Å². The summed E-state index contributed by atoms with van der Waals surface area (Å²) in [5.41, 5.74) is 4.91. The van der Waals surface area contributed by atoms with Gasteiger partial charge >= 0.3 is 0 Å². The van der Waals surface area contributed by atoms with Crippen LogP contribution in [0.3, 0.4) is 0 Å². The summed E-state index contributed by atoms with van der Waals surface area (Å²) in [6.45, 7) is 5.95. The number of carbonyl (C=O) groups excluding carboxylic acids is 3. The quantitative estimate of drug-likeness (QED) is 0.412. The highest BCUT2D eigenvalue weighted by molar-refractivity contribution is 8.15. The number of benzene rings is 3. The van der Waals surface area contributed by atoms with Gasteiger partial charge in [-0.25, -0.2) is 4.99 Å². The molecular weight excluding hydrogens is 502 g/mol. The van der Waals surface area contributed by atoms with Gasteiger partial charge in [0.05, 0.1) is 12.2 Å². The molecule has 1 atom stereocenters. The first kappa shape index (κ1) is 25.5. The lowest BCUT2D eigenvalue weighted by Crippen LogP contribution is -2.33. The van der Waals surface area contributed by atoms with Crippen molar-refractivity contribution in [3.8, 4) is 11.5 Å². The van der Waals surface area contributed by atoms with Gasteiger partial charge in [0.15, 0.2) is 22.4 Å². The van der Waals surface area contributed by atoms with Gasteiger partial charge in [-0.15, -0.1) is 0 Å². The van der Waals surface area contributed by atoms with Crippen molar-refractivity contribution in [3.05, 3.63) is 82.9 Å². The Bertz CT molecular complexity index is 1450. The number of aryl methyl sites for hydroxylation is 2. The molecule has 5 rings (SSSR count). The molecule has 0 saturated carbocycles. The Hall–Kier alpha value is -4.11. The number of fused-ring (bicyclic) bond motifs is 1. The zero-order valence-corrected chi connectivity index (χ0v) is 22.1. The van der Waals surface area contributed by atoms with E-state index in [2.05, 4.69) is 5.32 Å². The highest BCUT2D eigenvalue weighted by Crippen LogP contribution is 2.36. The Balaban J connectivity index is 1.36. The molecule has 0 bridgehead atoms. The van der Waals surface area contributed by atoms with Crippen molar-refractivity contribution in [2.24, 2.45) is 4.99 Å². The second-order valence-corrected chi connectivity index (χ2v) is 10.5. The number of amidine groups is 1. The van der Waals surface area contributed by atoms with Gasteiger partial charge in [-0.1, -0.05) is 35.5 Å². The van der Waals surface area contributed by atoms with Crippen LogP contribution in [-0.2, 0) is 16.1 Å². The van der Waals surface area contributed by atoms with Gasteiger partial charge in [-0.05, 0) is 74.4 Å². The fourth-order valence-electron chi connectivity index (χ4n) is 4.30. The summed E-state index contributed by atoms with van der Waals surface area (Å²) in [4.78, 5) is 44.4. The van der Waals surface area contributed by atoms with Crippen molar-refractivity contribution in [2.75, 3.05) is 12.1 Å². The van der Waals surface area contributed by atoms with Crippen LogP contribution in [0.25, 0.3) is 0 Å². The first-order valence-electron chi connectivity index (χ1n) is 12.2. The van der Waals surface area contributed by atoms with Crippen molar-refractivity contribution in [1.82, 2.24) is 4.90 Å². The maximum atomic E-state index is 13.5. The second kappa shape index (κ2) is 10.7. The van der Waals surface area contributed by atoms with E-state index in [0.29, 0.717) is 27.9 Å². The number of ketones is 1. The van der Waals surface area contributed by atoms with Crippen molar-refractivity contribution >= 4 is 45.9 Å². The predicted octanol–water partition coefficient (Wildman–Crippen LogP) is 5.40. The minimum absolute atomic E-state index is 0.0124. The van der Waals surface area contributed by atoms with Gasteiger partial charge in [-0.3, -0.25) is 19.3 Å². The molecule has 2 heterocycles. The molecule has 9 heteroatoms. The van der Waals surface area contributed by atoms with E-state index in [1.54, 1.807) is 29.2 Å². The van der Waals surface area contributed by atoms with E-state index < -0.39 is 5.25 Å². The largest absolute Gasteiger partial charge is 0.454 e. The van der Waals surface area contributed by atoms with Gasteiger partial charge in [0.25, 0.3) is 0 Å². The van der Waals surface area contributed by atoms with Crippen molar-refractivity contribution in [3.63, 3.8) is 0 Å². The number of rotatable bonds is 7. The number of aliphatic imine (C=N–C) groups is 1. The highest BCUT2D eigenvalue weighted by atomic mass is 32.2. The van der Waals surface area contributed by atoms with Crippen LogP contribution in [0.15, 0.2) is 65.7 Å². The number of nitrogens with one attached hydrogen (secondary N) is 1. The van der Waals surface area contributed by atoms with Gasteiger partial charge in [-0.2, -0.15) is 0 Å². The van der Waals surface area contributed by atoms with Crippen LogP contribution in [0, 0.1) is 13.8 Å². The zero-order chi connectivity index (χ0) is 26.8. The number of ether oxygens (including phenoxy) is 2. The van der Waals surface area contributed by atoms with Gasteiger partial charge in [0, 0.05) is 17.7 Å². The minimum Gasteiger partial charge on any atom is -0.454 e. The van der Waals surface area contributed by atoms with Gasteiger partial charge < -0.3 is 14.8 Å². The second-order valence-electron chi connectivity index (χ2n) is 9.29. The van der Waals surface area contributed by atoms with Crippen LogP contribution in [0.2, 0.25) is 0 Å². The molecule has 1 unspecified atom stereocenters. The molecule has 2 aliphatic rings. The molecule has 2 aliphatic heterocycles. The fraction of sp³-hybridized carbons (Fsp3) is 0.241. The summed E-state index contributed by atoms with van der Waals surface area (Å²) in [5.74, 6) is 0.793. The molecule has 0 aromatic heterocycles. The molecule has 1 N–H and O–H groups in total. The molecule has 1 saturated heterocycles.